The number of esters is 1. The minimum absolute atomic E-state index is 0.208. The van der Waals surface area contributed by atoms with Gasteiger partial charge in [-0.25, -0.2) is 0 Å². The van der Waals surface area contributed by atoms with Crippen molar-refractivity contribution in [2.24, 2.45) is 7.05 Å². The van der Waals surface area contributed by atoms with Crippen LogP contribution >= 0.6 is 0 Å². The van der Waals surface area contributed by atoms with Crippen LogP contribution in [0.25, 0.3) is 0 Å². The molecule has 1 atom stereocenters. The van der Waals surface area contributed by atoms with Gasteiger partial charge in [-0.05, 0) is 13.3 Å². The number of ether oxygens (including phenoxy) is 1. The van der Waals surface area contributed by atoms with Crippen LogP contribution in [0.1, 0.15) is 31.9 Å². The van der Waals surface area contributed by atoms with Gasteiger partial charge in [0.1, 0.15) is 5.92 Å². The molecule has 0 aliphatic heterocycles. The number of aromatic nitrogens is 3. The van der Waals surface area contributed by atoms with E-state index in [9.17, 15) is 4.79 Å². The van der Waals surface area contributed by atoms with Crippen molar-refractivity contribution in [3.05, 3.63) is 11.9 Å². The second kappa shape index (κ2) is 4.74. The molecule has 0 N–H and O–H groups in total. The average molecular weight is 197 g/mol. The molecular weight excluding hydrogens is 182 g/mol. The highest BCUT2D eigenvalue weighted by Gasteiger charge is 2.23. The molecule has 78 valence electrons. The van der Waals surface area contributed by atoms with Gasteiger partial charge < -0.3 is 4.74 Å². The Labute approximate surface area is 83.1 Å². The van der Waals surface area contributed by atoms with Gasteiger partial charge >= 0.3 is 5.97 Å². The molecule has 1 heterocycles. The lowest BCUT2D eigenvalue weighted by Crippen LogP contribution is -2.18. The summed E-state index contributed by atoms with van der Waals surface area (Å²) >= 11 is 0. The molecule has 0 saturated heterocycles. The molecule has 5 heteroatoms. The third kappa shape index (κ3) is 2.10. The Hall–Kier alpha value is -1.39. The van der Waals surface area contributed by atoms with Crippen LogP contribution in [0.5, 0.6) is 0 Å². The molecule has 0 radical (unpaired) electrons. The minimum atomic E-state index is -0.255. The molecule has 0 saturated carbocycles. The van der Waals surface area contributed by atoms with Gasteiger partial charge in [0.05, 0.1) is 18.5 Å². The fourth-order valence-electron chi connectivity index (χ4n) is 1.35. The maximum absolute atomic E-state index is 11.5. The van der Waals surface area contributed by atoms with Gasteiger partial charge in [-0.3, -0.25) is 9.48 Å². The molecule has 1 aromatic heterocycles. The van der Waals surface area contributed by atoms with E-state index in [1.807, 2.05) is 6.92 Å². The fourth-order valence-corrected chi connectivity index (χ4v) is 1.35. The van der Waals surface area contributed by atoms with Gasteiger partial charge in [-0.15, -0.1) is 5.10 Å². The molecule has 1 unspecified atom stereocenters. The number of aryl methyl sites for hydroxylation is 1. The standard InChI is InChI=1S/C9H15N3O2/c1-4-7(9(13)14-5-2)8-6-10-11-12(8)3/h6-7H,4-5H2,1-3H3. The van der Waals surface area contributed by atoms with Crippen LogP contribution in [0.2, 0.25) is 0 Å². The molecular formula is C9H15N3O2. The highest BCUT2D eigenvalue weighted by atomic mass is 16.5. The molecule has 1 rings (SSSR count). The second-order valence-corrected chi connectivity index (χ2v) is 3.00. The summed E-state index contributed by atoms with van der Waals surface area (Å²) < 4.78 is 6.57. The third-order valence-corrected chi connectivity index (χ3v) is 2.09. The molecule has 0 spiro atoms. The van der Waals surface area contributed by atoms with Gasteiger partial charge in [-0.2, -0.15) is 0 Å². The van der Waals surface area contributed by atoms with Crippen molar-refractivity contribution >= 4 is 5.97 Å². The topological polar surface area (TPSA) is 57.0 Å². The van der Waals surface area contributed by atoms with Crippen molar-refractivity contribution in [1.29, 1.82) is 0 Å². The summed E-state index contributed by atoms with van der Waals surface area (Å²) in [6.07, 6.45) is 2.30. The van der Waals surface area contributed by atoms with E-state index in [4.69, 9.17) is 4.74 Å². The average Bonchev–Trinajstić information content (AvgIpc) is 2.54. The van der Waals surface area contributed by atoms with Crippen molar-refractivity contribution < 1.29 is 9.53 Å². The number of hydrogen-bond donors (Lipinski definition) is 0. The molecule has 0 aliphatic carbocycles. The van der Waals surface area contributed by atoms with E-state index in [1.165, 1.54) is 0 Å². The molecule has 0 fully saturated rings. The smallest absolute Gasteiger partial charge is 0.315 e. The van der Waals surface area contributed by atoms with E-state index in [0.717, 1.165) is 5.69 Å². The quantitative estimate of drug-likeness (QED) is 0.672. The number of carbonyl (C=O) groups is 1. The minimum Gasteiger partial charge on any atom is -0.465 e. The highest BCUT2D eigenvalue weighted by molar-refractivity contribution is 5.77. The summed E-state index contributed by atoms with van der Waals surface area (Å²) in [4.78, 5) is 11.5. The maximum atomic E-state index is 11.5. The SMILES string of the molecule is CCOC(=O)C(CC)c1cnnn1C. The summed E-state index contributed by atoms with van der Waals surface area (Å²) in [5, 5.41) is 7.53. The Morgan fingerprint density at radius 2 is 2.36 bits per heavy atom. The zero-order valence-corrected chi connectivity index (χ0v) is 8.73. The van der Waals surface area contributed by atoms with Gasteiger partial charge in [0.15, 0.2) is 0 Å². The van der Waals surface area contributed by atoms with E-state index in [0.29, 0.717) is 13.0 Å². The van der Waals surface area contributed by atoms with E-state index in [-0.39, 0.29) is 11.9 Å². The van der Waals surface area contributed by atoms with Crippen molar-refractivity contribution in [3.8, 4) is 0 Å². The molecule has 0 aromatic carbocycles. The number of hydrogen-bond acceptors (Lipinski definition) is 4. The summed E-state index contributed by atoms with van der Waals surface area (Å²) in [7, 11) is 1.77. The van der Waals surface area contributed by atoms with Gasteiger partial charge in [0.2, 0.25) is 0 Å². The van der Waals surface area contributed by atoms with Crippen molar-refractivity contribution in [3.63, 3.8) is 0 Å². The largest absolute Gasteiger partial charge is 0.465 e. The van der Waals surface area contributed by atoms with Crippen LogP contribution < -0.4 is 0 Å². The Bertz CT molecular complexity index is 309. The van der Waals surface area contributed by atoms with Crippen molar-refractivity contribution in [2.75, 3.05) is 6.61 Å². The molecule has 0 bridgehead atoms. The summed E-state index contributed by atoms with van der Waals surface area (Å²) in [5.41, 5.74) is 0.797. The Morgan fingerprint density at radius 1 is 1.64 bits per heavy atom. The highest BCUT2D eigenvalue weighted by Crippen LogP contribution is 2.19. The van der Waals surface area contributed by atoms with Crippen LogP contribution in [-0.2, 0) is 16.6 Å². The summed E-state index contributed by atoms with van der Waals surface area (Å²) in [5.74, 6) is -0.463. The lowest BCUT2D eigenvalue weighted by Gasteiger charge is -2.12. The first kappa shape index (κ1) is 10.7. The van der Waals surface area contributed by atoms with E-state index >= 15 is 0 Å². The molecule has 14 heavy (non-hydrogen) atoms. The van der Waals surface area contributed by atoms with Crippen molar-refractivity contribution in [1.82, 2.24) is 15.0 Å². The normalized spacial score (nSPS) is 12.5. The van der Waals surface area contributed by atoms with Gasteiger partial charge in [0, 0.05) is 7.05 Å². The Morgan fingerprint density at radius 3 is 2.79 bits per heavy atom. The first-order valence-corrected chi connectivity index (χ1v) is 4.71. The molecule has 0 amide bonds. The molecule has 1 aromatic rings. The number of rotatable bonds is 4. The van der Waals surface area contributed by atoms with Gasteiger partial charge in [-0.1, -0.05) is 12.1 Å². The van der Waals surface area contributed by atoms with E-state index < -0.39 is 0 Å². The zero-order valence-electron chi connectivity index (χ0n) is 8.73. The molecule has 0 aliphatic rings. The van der Waals surface area contributed by atoms with Crippen LogP contribution in [0.15, 0.2) is 6.20 Å². The van der Waals surface area contributed by atoms with E-state index in [2.05, 4.69) is 10.3 Å². The Kier molecular flexibility index (Phi) is 3.62. The number of nitrogens with zero attached hydrogens (tertiary/aromatic N) is 3. The van der Waals surface area contributed by atoms with Crippen LogP contribution in [-0.4, -0.2) is 27.6 Å². The van der Waals surface area contributed by atoms with Crippen LogP contribution in [0.3, 0.4) is 0 Å². The Balaban J connectivity index is 2.82. The van der Waals surface area contributed by atoms with Crippen LogP contribution in [0, 0.1) is 0 Å². The van der Waals surface area contributed by atoms with E-state index in [1.54, 1.807) is 24.9 Å². The first-order chi connectivity index (χ1) is 6.70. The van der Waals surface area contributed by atoms with Gasteiger partial charge in [0.25, 0.3) is 0 Å². The predicted octanol–water partition coefficient (Wildman–Crippen LogP) is 0.872. The lowest BCUT2D eigenvalue weighted by molar-refractivity contribution is -0.145. The summed E-state index contributed by atoms with van der Waals surface area (Å²) in [6.45, 7) is 4.14. The maximum Gasteiger partial charge on any atom is 0.315 e. The molecule has 5 nitrogen and oxygen atoms in total. The third-order valence-electron chi connectivity index (χ3n) is 2.09. The zero-order chi connectivity index (χ0) is 10.6. The van der Waals surface area contributed by atoms with Crippen molar-refractivity contribution in [2.45, 2.75) is 26.2 Å². The summed E-state index contributed by atoms with van der Waals surface area (Å²) in [6, 6.07) is 0. The fraction of sp³-hybridized carbons (Fsp3) is 0.667. The lowest BCUT2D eigenvalue weighted by atomic mass is 10.0. The van der Waals surface area contributed by atoms with Crippen LogP contribution in [0.4, 0.5) is 0 Å². The first-order valence-electron chi connectivity index (χ1n) is 4.71. The predicted molar refractivity (Wildman–Crippen MR) is 50.7 cm³/mol. The second-order valence-electron chi connectivity index (χ2n) is 3.00. The number of carbonyl (C=O) groups excluding carboxylic acids is 1. The monoisotopic (exact) mass is 197 g/mol.